The normalized spacial score (nSPS) is 10.6. The van der Waals surface area contributed by atoms with Crippen LogP contribution in [0.1, 0.15) is 26.0 Å². The van der Waals surface area contributed by atoms with Crippen molar-refractivity contribution in [1.29, 1.82) is 0 Å². The highest BCUT2D eigenvalue weighted by atomic mass is 15.0. The second kappa shape index (κ2) is 5.75. The van der Waals surface area contributed by atoms with Gasteiger partial charge < -0.3 is 9.88 Å². The second-order valence-corrected chi connectivity index (χ2v) is 3.21. The van der Waals surface area contributed by atoms with E-state index in [2.05, 4.69) is 34.9 Å². The number of nitrogens with zero attached hydrogens (tertiary/aromatic N) is 2. The molecule has 0 atom stereocenters. The molecule has 1 aromatic heterocycles. The number of hydrogen-bond donors (Lipinski definition) is 1. The molecule has 0 bridgehead atoms. The van der Waals surface area contributed by atoms with E-state index >= 15 is 0 Å². The van der Waals surface area contributed by atoms with Crippen LogP contribution in [-0.2, 0) is 13.0 Å². The van der Waals surface area contributed by atoms with E-state index in [9.17, 15) is 0 Å². The van der Waals surface area contributed by atoms with Gasteiger partial charge in [0.15, 0.2) is 0 Å². The topological polar surface area (TPSA) is 29.9 Å². The van der Waals surface area contributed by atoms with Gasteiger partial charge in [-0.1, -0.05) is 13.8 Å². The first-order valence-electron chi connectivity index (χ1n) is 5.08. The first kappa shape index (κ1) is 10.3. The van der Waals surface area contributed by atoms with Crippen LogP contribution in [0.15, 0.2) is 12.5 Å². The van der Waals surface area contributed by atoms with Gasteiger partial charge in [-0.3, -0.25) is 0 Å². The third kappa shape index (κ3) is 3.59. The minimum absolute atomic E-state index is 1.03. The summed E-state index contributed by atoms with van der Waals surface area (Å²) >= 11 is 0. The maximum Gasteiger partial charge on any atom is 0.0949 e. The Balaban J connectivity index is 2.31. The molecule has 3 heteroatoms. The molecule has 1 rings (SSSR count). The van der Waals surface area contributed by atoms with Crippen molar-refractivity contribution in [3.63, 3.8) is 0 Å². The summed E-state index contributed by atoms with van der Waals surface area (Å²) in [6.45, 7) is 7.44. The Labute approximate surface area is 80.2 Å². The fourth-order valence-electron chi connectivity index (χ4n) is 1.31. The molecular weight excluding hydrogens is 162 g/mol. The average Bonchev–Trinajstić information content (AvgIpc) is 2.54. The molecule has 1 aromatic rings. The Hall–Kier alpha value is -0.830. The van der Waals surface area contributed by atoms with Gasteiger partial charge in [-0.15, -0.1) is 0 Å². The van der Waals surface area contributed by atoms with E-state index in [1.54, 1.807) is 0 Å². The maximum absolute atomic E-state index is 4.33. The van der Waals surface area contributed by atoms with Crippen molar-refractivity contribution in [1.82, 2.24) is 14.9 Å². The van der Waals surface area contributed by atoms with Gasteiger partial charge in [-0.2, -0.15) is 0 Å². The van der Waals surface area contributed by atoms with Gasteiger partial charge in [-0.05, 0) is 13.0 Å². The summed E-state index contributed by atoms with van der Waals surface area (Å²) in [6.07, 6.45) is 6.26. The molecule has 13 heavy (non-hydrogen) atoms. The Bertz CT molecular complexity index is 230. The first-order valence-corrected chi connectivity index (χ1v) is 5.08. The number of imidazole rings is 1. The molecule has 0 aliphatic heterocycles. The van der Waals surface area contributed by atoms with Crippen LogP contribution < -0.4 is 5.32 Å². The predicted molar refractivity (Wildman–Crippen MR) is 54.8 cm³/mol. The maximum atomic E-state index is 4.33. The van der Waals surface area contributed by atoms with Crippen LogP contribution in [0, 0.1) is 0 Å². The zero-order valence-electron chi connectivity index (χ0n) is 8.58. The number of nitrogens with one attached hydrogen (secondary N) is 1. The van der Waals surface area contributed by atoms with Crippen molar-refractivity contribution in [2.24, 2.45) is 0 Å². The lowest BCUT2D eigenvalue weighted by atomic mass is 10.3. The Kier molecular flexibility index (Phi) is 4.54. The molecular formula is C10H19N3. The minimum Gasteiger partial charge on any atom is -0.337 e. The highest BCUT2D eigenvalue weighted by Crippen LogP contribution is 1.97. The van der Waals surface area contributed by atoms with Crippen LogP contribution in [0.2, 0.25) is 0 Å². The van der Waals surface area contributed by atoms with Crippen LogP contribution in [-0.4, -0.2) is 22.6 Å². The molecule has 0 spiro atoms. The zero-order valence-corrected chi connectivity index (χ0v) is 8.58. The van der Waals surface area contributed by atoms with Crippen molar-refractivity contribution in [2.45, 2.75) is 33.2 Å². The molecule has 0 saturated carbocycles. The molecule has 1 N–H and O–H groups in total. The van der Waals surface area contributed by atoms with E-state index in [0.717, 1.165) is 26.1 Å². The first-order chi connectivity index (χ1) is 6.36. The largest absolute Gasteiger partial charge is 0.337 e. The van der Waals surface area contributed by atoms with E-state index in [4.69, 9.17) is 0 Å². The highest BCUT2D eigenvalue weighted by Gasteiger charge is 1.96. The summed E-state index contributed by atoms with van der Waals surface area (Å²) in [5, 5.41) is 3.29. The molecule has 0 aromatic carbocycles. The van der Waals surface area contributed by atoms with E-state index in [0.29, 0.717) is 0 Å². The summed E-state index contributed by atoms with van der Waals surface area (Å²) in [5.74, 6) is 0. The van der Waals surface area contributed by atoms with Crippen molar-refractivity contribution in [3.8, 4) is 0 Å². The number of aromatic nitrogens is 2. The Morgan fingerprint density at radius 2 is 2.31 bits per heavy atom. The fourth-order valence-corrected chi connectivity index (χ4v) is 1.31. The quantitative estimate of drug-likeness (QED) is 0.673. The lowest BCUT2D eigenvalue weighted by Crippen LogP contribution is -2.16. The molecule has 1 heterocycles. The van der Waals surface area contributed by atoms with Crippen molar-refractivity contribution < 1.29 is 0 Å². The van der Waals surface area contributed by atoms with Crippen LogP contribution in [0.3, 0.4) is 0 Å². The third-order valence-electron chi connectivity index (χ3n) is 1.98. The Morgan fingerprint density at radius 3 is 3.00 bits per heavy atom. The molecule has 0 amide bonds. The summed E-state index contributed by atoms with van der Waals surface area (Å²) in [5.41, 5.74) is 1.19. The summed E-state index contributed by atoms with van der Waals surface area (Å²) in [6, 6.07) is 0. The van der Waals surface area contributed by atoms with Gasteiger partial charge in [0.05, 0.1) is 12.0 Å². The van der Waals surface area contributed by atoms with Gasteiger partial charge in [0.25, 0.3) is 0 Å². The van der Waals surface area contributed by atoms with Gasteiger partial charge in [-0.25, -0.2) is 4.98 Å². The molecule has 3 nitrogen and oxygen atoms in total. The molecule has 74 valence electrons. The van der Waals surface area contributed by atoms with E-state index in [1.165, 1.54) is 12.1 Å². The van der Waals surface area contributed by atoms with Gasteiger partial charge >= 0.3 is 0 Å². The summed E-state index contributed by atoms with van der Waals surface area (Å²) < 4.78 is 2.15. The van der Waals surface area contributed by atoms with E-state index in [-0.39, 0.29) is 0 Å². The molecule has 0 aliphatic carbocycles. The smallest absolute Gasteiger partial charge is 0.0949 e. The van der Waals surface area contributed by atoms with Crippen molar-refractivity contribution in [2.75, 3.05) is 13.1 Å². The number of likely N-dealkylation sites (N-methyl/N-ethyl adjacent to an activating group) is 1. The van der Waals surface area contributed by atoms with Gasteiger partial charge in [0.1, 0.15) is 0 Å². The average molecular weight is 181 g/mol. The lowest BCUT2D eigenvalue weighted by molar-refractivity contribution is 0.675. The molecule has 0 fully saturated rings. The van der Waals surface area contributed by atoms with E-state index < -0.39 is 0 Å². The van der Waals surface area contributed by atoms with Crippen LogP contribution in [0.25, 0.3) is 0 Å². The van der Waals surface area contributed by atoms with Gasteiger partial charge in [0.2, 0.25) is 0 Å². The third-order valence-corrected chi connectivity index (χ3v) is 1.98. The van der Waals surface area contributed by atoms with Crippen molar-refractivity contribution >= 4 is 0 Å². The van der Waals surface area contributed by atoms with Gasteiger partial charge in [0, 0.05) is 25.7 Å². The predicted octanol–water partition coefficient (Wildman–Crippen LogP) is 1.45. The summed E-state index contributed by atoms with van der Waals surface area (Å²) in [7, 11) is 0. The van der Waals surface area contributed by atoms with Crippen molar-refractivity contribution in [3.05, 3.63) is 18.2 Å². The SMILES string of the molecule is CCCn1cnc(CCNCC)c1. The molecule has 0 aliphatic rings. The number of aryl methyl sites for hydroxylation is 1. The zero-order chi connectivity index (χ0) is 9.52. The summed E-state index contributed by atoms with van der Waals surface area (Å²) in [4.78, 5) is 4.33. The molecule has 0 radical (unpaired) electrons. The lowest BCUT2D eigenvalue weighted by Gasteiger charge is -1.98. The molecule has 0 saturated heterocycles. The van der Waals surface area contributed by atoms with Crippen LogP contribution in [0.5, 0.6) is 0 Å². The van der Waals surface area contributed by atoms with Crippen LogP contribution in [0.4, 0.5) is 0 Å². The highest BCUT2D eigenvalue weighted by molar-refractivity contribution is 4.97. The Morgan fingerprint density at radius 1 is 1.46 bits per heavy atom. The standard InChI is InChI=1S/C10H19N3/c1-3-7-13-8-10(12-9-13)5-6-11-4-2/h8-9,11H,3-7H2,1-2H3. The minimum atomic E-state index is 1.03. The van der Waals surface area contributed by atoms with Crippen LogP contribution >= 0.6 is 0 Å². The molecule has 0 unspecified atom stereocenters. The number of rotatable bonds is 6. The van der Waals surface area contributed by atoms with E-state index in [1.807, 2.05) is 6.33 Å². The fraction of sp³-hybridized carbons (Fsp3) is 0.700. The number of hydrogen-bond acceptors (Lipinski definition) is 2. The monoisotopic (exact) mass is 181 g/mol. The second-order valence-electron chi connectivity index (χ2n) is 3.21.